The number of nitrogens with zero attached hydrogens (tertiary/aromatic N) is 3. The first kappa shape index (κ1) is 19.4. The van der Waals surface area contributed by atoms with E-state index in [1.807, 2.05) is 30.0 Å². The average molecular weight is 394 g/mol. The zero-order chi connectivity index (χ0) is 20.4. The van der Waals surface area contributed by atoms with Crippen molar-refractivity contribution in [1.29, 1.82) is 0 Å². The molecule has 4 rings (SSSR count). The van der Waals surface area contributed by atoms with Crippen LogP contribution in [0, 0.1) is 12.8 Å². The highest BCUT2D eigenvalue weighted by Crippen LogP contribution is 2.20. The number of aryl methyl sites for hydroxylation is 2. The minimum Gasteiger partial charge on any atom is -0.342 e. The van der Waals surface area contributed by atoms with Crippen LogP contribution in [-0.4, -0.2) is 39.0 Å². The van der Waals surface area contributed by atoms with Gasteiger partial charge in [-0.15, -0.1) is 0 Å². The molecular formula is C22H26N4O3. The fourth-order valence-corrected chi connectivity index (χ4v) is 3.92. The van der Waals surface area contributed by atoms with Crippen LogP contribution in [0.2, 0.25) is 0 Å². The van der Waals surface area contributed by atoms with Crippen LogP contribution in [0.4, 0.5) is 0 Å². The van der Waals surface area contributed by atoms with E-state index in [1.54, 1.807) is 6.07 Å². The first-order chi connectivity index (χ1) is 14.0. The molecule has 7 heteroatoms. The van der Waals surface area contributed by atoms with E-state index in [1.165, 1.54) is 6.42 Å². The van der Waals surface area contributed by atoms with E-state index in [0.717, 1.165) is 36.0 Å². The largest absolute Gasteiger partial charge is 0.342 e. The monoisotopic (exact) mass is 394 g/mol. The van der Waals surface area contributed by atoms with Crippen LogP contribution in [0.5, 0.6) is 0 Å². The second-order valence-corrected chi connectivity index (χ2v) is 8.06. The summed E-state index contributed by atoms with van der Waals surface area (Å²) < 4.78 is 5.32. The Kier molecular flexibility index (Phi) is 5.47. The Labute approximate surface area is 169 Å². The molecule has 0 spiro atoms. The van der Waals surface area contributed by atoms with Crippen LogP contribution < -0.4 is 5.56 Å². The molecular weight excluding hydrogens is 368 g/mol. The Balaban J connectivity index is 1.41. The Morgan fingerprint density at radius 2 is 2.21 bits per heavy atom. The van der Waals surface area contributed by atoms with Crippen molar-refractivity contribution >= 4 is 16.8 Å². The summed E-state index contributed by atoms with van der Waals surface area (Å²) in [6.45, 7) is 5.91. The molecule has 1 N–H and O–H groups in total. The Morgan fingerprint density at radius 1 is 1.34 bits per heavy atom. The lowest BCUT2D eigenvalue weighted by Gasteiger charge is -2.31. The van der Waals surface area contributed by atoms with E-state index in [-0.39, 0.29) is 17.3 Å². The number of pyridine rings is 1. The van der Waals surface area contributed by atoms with Crippen molar-refractivity contribution in [2.24, 2.45) is 5.92 Å². The zero-order valence-corrected chi connectivity index (χ0v) is 16.9. The Bertz CT molecular complexity index is 1090. The van der Waals surface area contributed by atoms with Crippen LogP contribution in [0.3, 0.4) is 0 Å². The molecule has 1 unspecified atom stereocenters. The molecule has 0 saturated carbocycles. The van der Waals surface area contributed by atoms with Gasteiger partial charge in [-0.25, -0.2) is 0 Å². The number of aromatic amines is 1. The first-order valence-electron chi connectivity index (χ1n) is 10.2. The van der Waals surface area contributed by atoms with E-state index >= 15 is 0 Å². The number of amides is 1. The number of hydrogen-bond acceptors (Lipinski definition) is 5. The second-order valence-electron chi connectivity index (χ2n) is 8.06. The van der Waals surface area contributed by atoms with E-state index < -0.39 is 0 Å². The number of hydrogen-bond donors (Lipinski definition) is 1. The highest BCUT2D eigenvalue weighted by atomic mass is 16.5. The lowest BCUT2D eigenvalue weighted by Crippen LogP contribution is -2.39. The molecule has 1 fully saturated rings. The number of H-pyrrole nitrogens is 1. The SMILES string of the molecule is Cc1ccc2[nH]c(=O)c(-c3noc(CCCC(=O)N4CCCC(C)C4)n3)cc2c1. The Hall–Kier alpha value is -2.96. The number of carbonyl (C=O) groups is 1. The van der Waals surface area contributed by atoms with Crippen LogP contribution in [0.1, 0.15) is 44.1 Å². The quantitative estimate of drug-likeness (QED) is 0.715. The smallest absolute Gasteiger partial charge is 0.259 e. The summed E-state index contributed by atoms with van der Waals surface area (Å²) in [5.41, 5.74) is 2.02. The van der Waals surface area contributed by atoms with Gasteiger partial charge in [0.15, 0.2) is 0 Å². The maximum absolute atomic E-state index is 12.4. The number of nitrogens with one attached hydrogen (secondary N) is 1. The predicted octanol–water partition coefficient (Wildman–Crippen LogP) is 3.47. The van der Waals surface area contributed by atoms with Crippen molar-refractivity contribution < 1.29 is 9.32 Å². The standard InChI is InChI=1S/C22H26N4O3/c1-14-8-9-18-16(11-14)12-17(22(28)23-18)21-24-19(29-25-21)6-3-7-20(27)26-10-4-5-15(2)13-26/h8-9,11-12,15H,3-7,10,13H2,1-2H3,(H,23,28). The summed E-state index contributed by atoms with van der Waals surface area (Å²) in [4.78, 5) is 34.0. The highest BCUT2D eigenvalue weighted by molar-refractivity contribution is 5.82. The number of aromatic nitrogens is 3. The molecule has 1 aromatic carbocycles. The summed E-state index contributed by atoms with van der Waals surface area (Å²) in [6, 6.07) is 7.63. The van der Waals surface area contributed by atoms with Crippen LogP contribution in [0.15, 0.2) is 33.6 Å². The number of likely N-dealkylation sites (tertiary alicyclic amines) is 1. The Morgan fingerprint density at radius 3 is 3.03 bits per heavy atom. The number of fused-ring (bicyclic) bond motifs is 1. The zero-order valence-electron chi connectivity index (χ0n) is 16.9. The van der Waals surface area contributed by atoms with Gasteiger partial charge < -0.3 is 14.4 Å². The number of piperidine rings is 1. The molecule has 1 atom stereocenters. The highest BCUT2D eigenvalue weighted by Gasteiger charge is 2.21. The third-order valence-electron chi connectivity index (χ3n) is 5.50. The summed E-state index contributed by atoms with van der Waals surface area (Å²) in [5, 5.41) is 4.90. The lowest BCUT2D eigenvalue weighted by atomic mass is 10.00. The number of carbonyl (C=O) groups excluding carboxylic acids is 1. The van der Waals surface area contributed by atoms with Gasteiger partial charge in [-0.3, -0.25) is 9.59 Å². The lowest BCUT2D eigenvalue weighted by molar-refractivity contribution is -0.133. The van der Waals surface area contributed by atoms with Crippen molar-refractivity contribution in [3.63, 3.8) is 0 Å². The predicted molar refractivity (Wildman–Crippen MR) is 111 cm³/mol. The van der Waals surface area contributed by atoms with Crippen molar-refractivity contribution in [2.75, 3.05) is 13.1 Å². The molecule has 1 amide bonds. The average Bonchev–Trinajstić information content (AvgIpc) is 3.16. The summed E-state index contributed by atoms with van der Waals surface area (Å²) in [6.07, 6.45) is 3.92. The maximum atomic E-state index is 12.4. The summed E-state index contributed by atoms with van der Waals surface area (Å²) in [5.74, 6) is 1.50. The molecule has 3 aromatic rings. The third kappa shape index (κ3) is 4.39. The normalized spacial score (nSPS) is 17.0. The van der Waals surface area contributed by atoms with Gasteiger partial charge in [0.05, 0.1) is 5.56 Å². The van der Waals surface area contributed by atoms with E-state index in [2.05, 4.69) is 22.0 Å². The van der Waals surface area contributed by atoms with Crippen molar-refractivity contribution in [1.82, 2.24) is 20.0 Å². The summed E-state index contributed by atoms with van der Waals surface area (Å²) in [7, 11) is 0. The number of rotatable bonds is 5. The molecule has 1 saturated heterocycles. The molecule has 0 radical (unpaired) electrons. The molecule has 1 aliphatic heterocycles. The molecule has 1 aliphatic rings. The molecule has 0 aliphatic carbocycles. The topological polar surface area (TPSA) is 92.1 Å². The van der Waals surface area contributed by atoms with Crippen LogP contribution >= 0.6 is 0 Å². The molecule has 7 nitrogen and oxygen atoms in total. The van der Waals surface area contributed by atoms with Gasteiger partial charge in [0.2, 0.25) is 17.6 Å². The fraction of sp³-hybridized carbons (Fsp3) is 0.455. The molecule has 3 heterocycles. The van der Waals surface area contributed by atoms with E-state index in [0.29, 0.717) is 36.6 Å². The van der Waals surface area contributed by atoms with Crippen molar-refractivity contribution in [2.45, 2.75) is 46.0 Å². The van der Waals surface area contributed by atoms with Gasteiger partial charge in [-0.1, -0.05) is 23.7 Å². The van der Waals surface area contributed by atoms with Gasteiger partial charge in [0.25, 0.3) is 5.56 Å². The first-order valence-corrected chi connectivity index (χ1v) is 10.2. The van der Waals surface area contributed by atoms with Crippen LogP contribution in [-0.2, 0) is 11.2 Å². The van der Waals surface area contributed by atoms with Gasteiger partial charge in [0, 0.05) is 31.4 Å². The molecule has 2 aromatic heterocycles. The van der Waals surface area contributed by atoms with Gasteiger partial charge >= 0.3 is 0 Å². The van der Waals surface area contributed by atoms with Gasteiger partial charge in [0.1, 0.15) is 0 Å². The molecule has 152 valence electrons. The van der Waals surface area contributed by atoms with Crippen LogP contribution in [0.25, 0.3) is 22.3 Å². The minimum absolute atomic E-state index is 0.192. The second kappa shape index (κ2) is 8.19. The molecule has 0 bridgehead atoms. The van der Waals surface area contributed by atoms with Crippen molar-refractivity contribution in [3.8, 4) is 11.4 Å². The van der Waals surface area contributed by atoms with E-state index in [4.69, 9.17) is 4.52 Å². The van der Waals surface area contributed by atoms with Gasteiger partial charge in [-0.2, -0.15) is 4.98 Å². The summed E-state index contributed by atoms with van der Waals surface area (Å²) >= 11 is 0. The number of benzene rings is 1. The third-order valence-corrected chi connectivity index (χ3v) is 5.50. The minimum atomic E-state index is -0.247. The van der Waals surface area contributed by atoms with Gasteiger partial charge in [-0.05, 0) is 55.7 Å². The maximum Gasteiger partial charge on any atom is 0.259 e. The van der Waals surface area contributed by atoms with E-state index in [9.17, 15) is 9.59 Å². The van der Waals surface area contributed by atoms with Crippen molar-refractivity contribution in [3.05, 3.63) is 46.1 Å². The molecule has 29 heavy (non-hydrogen) atoms. The fourth-order valence-electron chi connectivity index (χ4n) is 3.92.